The number of nitrogens with zero attached hydrogens (tertiary/aromatic N) is 1. The molecular weight excluding hydrogens is 374 g/mol. The zero-order chi connectivity index (χ0) is 20.1. The number of ether oxygens (including phenoxy) is 3. The van der Waals surface area contributed by atoms with Crippen molar-refractivity contribution < 1.29 is 19.0 Å². The SMILES string of the molecule is CCc1cc(OC(C)C)ccc1Oc1ncc(Oc2ccc(C(C)=O)cc2)s1. The van der Waals surface area contributed by atoms with Gasteiger partial charge in [-0.15, -0.1) is 0 Å². The molecule has 5 nitrogen and oxygen atoms in total. The molecule has 1 aromatic heterocycles. The largest absolute Gasteiger partial charge is 0.491 e. The second kappa shape index (κ2) is 8.89. The van der Waals surface area contributed by atoms with Gasteiger partial charge in [0.25, 0.3) is 5.19 Å². The van der Waals surface area contributed by atoms with Gasteiger partial charge in [-0.25, -0.2) is 4.98 Å². The Morgan fingerprint density at radius 3 is 2.43 bits per heavy atom. The normalized spacial score (nSPS) is 10.8. The monoisotopic (exact) mass is 397 g/mol. The number of rotatable bonds is 8. The minimum atomic E-state index is 0.0246. The maximum absolute atomic E-state index is 11.3. The lowest BCUT2D eigenvalue weighted by atomic mass is 10.1. The van der Waals surface area contributed by atoms with Crippen LogP contribution in [0.5, 0.6) is 27.5 Å². The topological polar surface area (TPSA) is 57.6 Å². The van der Waals surface area contributed by atoms with E-state index in [2.05, 4.69) is 11.9 Å². The molecule has 0 atom stereocenters. The molecule has 0 fully saturated rings. The summed E-state index contributed by atoms with van der Waals surface area (Å²) in [6, 6.07) is 12.8. The van der Waals surface area contributed by atoms with Crippen LogP contribution in [-0.2, 0) is 6.42 Å². The van der Waals surface area contributed by atoms with Crippen LogP contribution < -0.4 is 14.2 Å². The number of hydrogen-bond donors (Lipinski definition) is 0. The molecule has 0 unspecified atom stereocenters. The third-order valence-electron chi connectivity index (χ3n) is 3.92. The molecule has 0 amide bonds. The van der Waals surface area contributed by atoms with E-state index < -0.39 is 0 Å². The molecule has 0 aliphatic rings. The average Bonchev–Trinajstić information content (AvgIpc) is 3.09. The van der Waals surface area contributed by atoms with Crippen molar-refractivity contribution >= 4 is 17.1 Å². The highest BCUT2D eigenvalue weighted by molar-refractivity contribution is 7.15. The molecule has 1 heterocycles. The van der Waals surface area contributed by atoms with E-state index in [4.69, 9.17) is 14.2 Å². The summed E-state index contributed by atoms with van der Waals surface area (Å²) in [5.74, 6) is 2.25. The van der Waals surface area contributed by atoms with E-state index in [1.807, 2.05) is 32.0 Å². The highest BCUT2D eigenvalue weighted by atomic mass is 32.1. The summed E-state index contributed by atoms with van der Waals surface area (Å²) in [6.45, 7) is 7.61. The third-order valence-corrected chi connectivity index (χ3v) is 4.68. The van der Waals surface area contributed by atoms with Crippen molar-refractivity contribution in [2.24, 2.45) is 0 Å². The predicted molar refractivity (Wildman–Crippen MR) is 110 cm³/mol. The molecule has 0 aliphatic carbocycles. The maximum atomic E-state index is 11.3. The lowest BCUT2D eigenvalue weighted by molar-refractivity contribution is 0.101. The van der Waals surface area contributed by atoms with Gasteiger partial charge in [-0.3, -0.25) is 4.79 Å². The van der Waals surface area contributed by atoms with E-state index in [9.17, 15) is 4.79 Å². The molecule has 3 aromatic rings. The zero-order valence-corrected chi connectivity index (χ0v) is 17.2. The standard InChI is InChI=1S/C22H23NO4S/c1-5-16-12-19(25-14(2)3)10-11-20(16)27-22-23-13-21(28-22)26-18-8-6-17(7-9-18)15(4)24/h6-14H,5H2,1-4H3. The smallest absolute Gasteiger partial charge is 0.282 e. The number of thiazole rings is 1. The second-order valence-corrected chi connectivity index (χ2v) is 7.48. The summed E-state index contributed by atoms with van der Waals surface area (Å²) < 4.78 is 17.5. The molecule has 3 rings (SSSR count). The number of carbonyl (C=O) groups is 1. The first kappa shape index (κ1) is 19.9. The van der Waals surface area contributed by atoms with E-state index >= 15 is 0 Å². The van der Waals surface area contributed by atoms with Crippen LogP contribution >= 0.6 is 11.3 Å². The number of hydrogen-bond acceptors (Lipinski definition) is 6. The molecule has 0 bridgehead atoms. The molecule has 0 aliphatic heterocycles. The first-order valence-electron chi connectivity index (χ1n) is 9.16. The van der Waals surface area contributed by atoms with Gasteiger partial charge >= 0.3 is 0 Å². The molecule has 0 spiro atoms. The predicted octanol–water partition coefficient (Wildman–Crippen LogP) is 6.28. The summed E-state index contributed by atoms with van der Waals surface area (Å²) in [4.78, 5) is 15.6. The van der Waals surface area contributed by atoms with Gasteiger partial charge < -0.3 is 14.2 Å². The van der Waals surface area contributed by atoms with Crippen molar-refractivity contribution in [1.29, 1.82) is 0 Å². The Morgan fingerprint density at radius 1 is 1.07 bits per heavy atom. The van der Waals surface area contributed by atoms with E-state index in [1.54, 1.807) is 30.5 Å². The Kier molecular flexibility index (Phi) is 6.31. The van der Waals surface area contributed by atoms with E-state index in [0.717, 1.165) is 23.5 Å². The fourth-order valence-electron chi connectivity index (χ4n) is 2.58. The average molecular weight is 397 g/mol. The van der Waals surface area contributed by atoms with Crippen LogP contribution in [0.25, 0.3) is 0 Å². The Hall–Kier alpha value is -2.86. The van der Waals surface area contributed by atoms with Crippen molar-refractivity contribution in [3.8, 4) is 27.5 Å². The molecule has 2 aromatic carbocycles. The van der Waals surface area contributed by atoms with Gasteiger partial charge in [-0.1, -0.05) is 6.92 Å². The molecule has 0 saturated carbocycles. The summed E-state index contributed by atoms with van der Waals surface area (Å²) in [5.41, 5.74) is 1.70. The van der Waals surface area contributed by atoms with E-state index in [0.29, 0.717) is 21.6 Å². The van der Waals surface area contributed by atoms with Gasteiger partial charge in [0.05, 0.1) is 12.3 Å². The van der Waals surface area contributed by atoms with Crippen molar-refractivity contribution in [3.05, 3.63) is 59.8 Å². The van der Waals surface area contributed by atoms with Crippen LogP contribution in [0.1, 0.15) is 43.6 Å². The maximum Gasteiger partial charge on any atom is 0.282 e. The van der Waals surface area contributed by atoms with E-state index in [1.165, 1.54) is 18.3 Å². The summed E-state index contributed by atoms with van der Waals surface area (Å²) in [5, 5.41) is 1.12. The first-order chi connectivity index (χ1) is 13.4. The second-order valence-electron chi connectivity index (χ2n) is 6.52. The fraction of sp³-hybridized carbons (Fsp3) is 0.273. The fourth-order valence-corrected chi connectivity index (χ4v) is 3.24. The number of aryl methyl sites for hydroxylation is 1. The first-order valence-corrected chi connectivity index (χ1v) is 9.98. The minimum Gasteiger partial charge on any atom is -0.491 e. The van der Waals surface area contributed by atoms with Gasteiger partial charge in [-0.05, 0) is 86.6 Å². The molecular formula is C22H23NO4S. The van der Waals surface area contributed by atoms with E-state index in [-0.39, 0.29) is 11.9 Å². The molecule has 28 heavy (non-hydrogen) atoms. The van der Waals surface area contributed by atoms with Gasteiger partial charge in [0.15, 0.2) is 5.78 Å². The van der Waals surface area contributed by atoms with Crippen molar-refractivity contribution in [2.45, 2.75) is 40.2 Å². The van der Waals surface area contributed by atoms with Crippen LogP contribution in [0.3, 0.4) is 0 Å². The number of carbonyl (C=O) groups excluding carboxylic acids is 1. The number of aromatic nitrogens is 1. The van der Waals surface area contributed by atoms with Gasteiger partial charge in [0.2, 0.25) is 5.06 Å². The molecule has 0 radical (unpaired) electrons. The molecule has 0 saturated heterocycles. The lowest BCUT2D eigenvalue weighted by Gasteiger charge is -2.13. The quantitative estimate of drug-likeness (QED) is 0.419. The molecule has 6 heteroatoms. The number of benzene rings is 2. The number of Topliss-reactive ketones (excluding diaryl/α,β-unsaturated/α-hetero) is 1. The zero-order valence-electron chi connectivity index (χ0n) is 16.4. The summed E-state index contributed by atoms with van der Waals surface area (Å²) in [7, 11) is 0. The molecule has 146 valence electrons. The summed E-state index contributed by atoms with van der Waals surface area (Å²) in [6.07, 6.45) is 2.57. The van der Waals surface area contributed by atoms with Crippen LogP contribution in [0.2, 0.25) is 0 Å². The lowest BCUT2D eigenvalue weighted by Crippen LogP contribution is -2.05. The van der Waals surface area contributed by atoms with Gasteiger partial charge in [-0.2, -0.15) is 0 Å². The Labute approximate surface area is 168 Å². The van der Waals surface area contributed by atoms with Crippen molar-refractivity contribution in [2.75, 3.05) is 0 Å². The highest BCUT2D eigenvalue weighted by Gasteiger charge is 2.11. The number of ketones is 1. The van der Waals surface area contributed by atoms with Crippen molar-refractivity contribution in [1.82, 2.24) is 4.98 Å². The highest BCUT2D eigenvalue weighted by Crippen LogP contribution is 2.36. The third kappa shape index (κ3) is 5.10. The Balaban J connectivity index is 1.69. The summed E-state index contributed by atoms with van der Waals surface area (Å²) >= 11 is 1.31. The minimum absolute atomic E-state index is 0.0246. The van der Waals surface area contributed by atoms with Gasteiger partial charge in [0, 0.05) is 5.56 Å². The molecule has 0 N–H and O–H groups in total. The van der Waals surface area contributed by atoms with Crippen LogP contribution in [0.4, 0.5) is 0 Å². The van der Waals surface area contributed by atoms with Crippen molar-refractivity contribution in [3.63, 3.8) is 0 Å². The van der Waals surface area contributed by atoms with Crippen LogP contribution in [-0.4, -0.2) is 16.9 Å². The Bertz CT molecular complexity index is 947. The van der Waals surface area contributed by atoms with Crippen LogP contribution in [0, 0.1) is 0 Å². The Morgan fingerprint density at radius 2 is 1.79 bits per heavy atom. The van der Waals surface area contributed by atoms with Crippen LogP contribution in [0.15, 0.2) is 48.7 Å². The van der Waals surface area contributed by atoms with Gasteiger partial charge in [0.1, 0.15) is 17.2 Å².